The molecule has 11 nitrogen and oxygen atoms in total. The molecule has 0 saturated carbocycles. The molecule has 3 amide bonds. The third-order valence-electron chi connectivity index (χ3n) is 7.24. The number of nitriles is 1. The van der Waals surface area contributed by atoms with E-state index in [9.17, 15) is 39.1 Å². The largest absolute Gasteiger partial charge is 0.444 e. The van der Waals surface area contributed by atoms with Gasteiger partial charge >= 0.3 is 16.3 Å². The highest BCUT2D eigenvalue weighted by Crippen LogP contribution is 3.02. The standard InChI is InChI=1S/C28H33F5N6O5S/c1-28(2,3)44-27(42)37-13-12-36(18-37)26(41)24(19-6-5-11-35-15-19)39(25(40)23-14-21(43-4)16-38(23)17-34)20-7-9-22(10-8-20)45(29,30,31,32)33/h5-11,15,21,23-24H,12-14,16,18H2,1-4H3/t21-,23-,24?/m1/s1. The summed E-state index contributed by atoms with van der Waals surface area (Å²) in [6.45, 7) is 4.95. The number of aromatic nitrogens is 1. The van der Waals surface area contributed by atoms with Gasteiger partial charge in [-0.05, 0) is 51.1 Å². The fourth-order valence-electron chi connectivity index (χ4n) is 5.10. The number of rotatable bonds is 7. The van der Waals surface area contributed by atoms with Crippen LogP contribution in [0.4, 0.5) is 29.9 Å². The molecule has 2 fully saturated rings. The summed E-state index contributed by atoms with van der Waals surface area (Å²) >= 11 is 0. The molecule has 0 N–H and O–H groups in total. The van der Waals surface area contributed by atoms with Crippen molar-refractivity contribution in [2.45, 2.75) is 55.9 Å². The molecule has 1 aromatic heterocycles. The lowest BCUT2D eigenvalue weighted by Crippen LogP contribution is -2.51. The van der Waals surface area contributed by atoms with Crippen LogP contribution in [0.5, 0.6) is 0 Å². The minimum absolute atomic E-state index is 0.00697. The smallest absolute Gasteiger partial charge is 0.411 e. The number of halogens is 5. The quantitative estimate of drug-likeness (QED) is 0.285. The Kier molecular flexibility index (Phi) is 8.48. The number of carbonyl (C=O) groups is 3. The second-order valence-corrected chi connectivity index (χ2v) is 14.1. The van der Waals surface area contributed by atoms with E-state index in [4.69, 9.17) is 9.47 Å². The van der Waals surface area contributed by atoms with Crippen molar-refractivity contribution in [3.05, 3.63) is 54.4 Å². The first-order valence-corrected chi connectivity index (χ1v) is 15.7. The van der Waals surface area contributed by atoms with Crippen molar-refractivity contribution in [2.24, 2.45) is 0 Å². The second kappa shape index (κ2) is 11.3. The van der Waals surface area contributed by atoms with Crippen LogP contribution in [0.1, 0.15) is 38.8 Å². The van der Waals surface area contributed by atoms with E-state index in [1.54, 1.807) is 20.8 Å². The molecular weight excluding hydrogens is 627 g/mol. The first-order valence-electron chi connectivity index (χ1n) is 13.8. The van der Waals surface area contributed by atoms with E-state index in [1.807, 2.05) is 6.19 Å². The van der Waals surface area contributed by atoms with Crippen LogP contribution in [0.3, 0.4) is 0 Å². The Hall–Kier alpha value is -4.17. The van der Waals surface area contributed by atoms with Crippen molar-refractivity contribution >= 4 is 33.8 Å². The van der Waals surface area contributed by atoms with Crippen LogP contribution in [-0.2, 0) is 19.1 Å². The van der Waals surface area contributed by atoms with Crippen molar-refractivity contribution in [1.82, 2.24) is 19.7 Å². The summed E-state index contributed by atoms with van der Waals surface area (Å²) in [6, 6.07) is 1.83. The molecule has 2 aromatic rings. The zero-order valence-electron chi connectivity index (χ0n) is 24.9. The summed E-state index contributed by atoms with van der Waals surface area (Å²) in [5.41, 5.74) is -0.978. The molecule has 1 unspecified atom stereocenters. The summed E-state index contributed by atoms with van der Waals surface area (Å²) in [6.07, 6.45) is 3.35. The SMILES string of the molecule is CO[C@@H]1C[C@H](C(=O)N(c2ccc(S(F)(F)(F)(F)F)cc2)C(C(=O)N2CCN(C(=O)OC(C)(C)C)C2)c2cccnc2)N(C#N)C1. The number of ether oxygens (including phenoxy) is 2. The summed E-state index contributed by atoms with van der Waals surface area (Å²) < 4.78 is 78.6. The fraction of sp³-hybridized carbons (Fsp3) is 0.464. The number of methoxy groups -OCH3 is 1. The minimum Gasteiger partial charge on any atom is -0.444 e. The molecule has 0 bridgehead atoms. The molecule has 246 valence electrons. The van der Waals surface area contributed by atoms with Crippen molar-refractivity contribution in [3.63, 3.8) is 0 Å². The molecule has 2 aliphatic heterocycles. The maximum absolute atomic E-state index is 14.3. The summed E-state index contributed by atoms with van der Waals surface area (Å²) in [4.78, 5) is 47.6. The van der Waals surface area contributed by atoms with E-state index in [0.717, 1.165) is 9.80 Å². The van der Waals surface area contributed by atoms with Crippen molar-refractivity contribution < 1.29 is 43.3 Å². The Morgan fingerprint density at radius 2 is 1.71 bits per heavy atom. The summed E-state index contributed by atoms with van der Waals surface area (Å²) in [5, 5.41) is 9.74. The van der Waals surface area contributed by atoms with E-state index in [1.165, 1.54) is 41.4 Å². The molecular formula is C28H33F5N6O5S. The van der Waals surface area contributed by atoms with Gasteiger partial charge in [0.25, 0.3) is 11.8 Å². The number of hydrogen-bond acceptors (Lipinski definition) is 8. The lowest BCUT2D eigenvalue weighted by atomic mass is 10.0. The molecule has 0 spiro atoms. The molecule has 45 heavy (non-hydrogen) atoms. The number of amides is 3. The Balaban J connectivity index is 1.80. The highest BCUT2D eigenvalue weighted by Gasteiger charge is 2.65. The van der Waals surface area contributed by atoms with Crippen LogP contribution in [0.2, 0.25) is 0 Å². The number of likely N-dealkylation sites (tertiary alicyclic amines) is 1. The molecule has 2 saturated heterocycles. The highest BCUT2D eigenvalue weighted by atomic mass is 32.5. The van der Waals surface area contributed by atoms with Crippen molar-refractivity contribution in [1.29, 1.82) is 5.26 Å². The van der Waals surface area contributed by atoms with Crippen LogP contribution in [-0.4, -0.2) is 88.8 Å². The normalized spacial score (nSPS) is 21.0. The van der Waals surface area contributed by atoms with Gasteiger partial charge in [-0.15, -0.1) is 0 Å². The van der Waals surface area contributed by atoms with Crippen LogP contribution >= 0.6 is 10.2 Å². The number of nitrogens with zero attached hydrogens (tertiary/aromatic N) is 6. The Morgan fingerprint density at radius 1 is 1.07 bits per heavy atom. The van der Waals surface area contributed by atoms with Gasteiger partial charge in [0.15, 0.2) is 6.19 Å². The molecule has 1 aromatic carbocycles. The van der Waals surface area contributed by atoms with Crippen LogP contribution < -0.4 is 4.90 Å². The van der Waals surface area contributed by atoms with Gasteiger partial charge in [0.2, 0.25) is 0 Å². The van der Waals surface area contributed by atoms with E-state index in [2.05, 4.69) is 4.98 Å². The van der Waals surface area contributed by atoms with Gasteiger partial charge in [-0.2, -0.15) is 5.26 Å². The predicted molar refractivity (Wildman–Crippen MR) is 153 cm³/mol. The Labute approximate surface area is 256 Å². The molecule has 3 heterocycles. The van der Waals surface area contributed by atoms with E-state index >= 15 is 0 Å². The molecule has 17 heteroatoms. The number of anilines is 1. The van der Waals surface area contributed by atoms with Crippen molar-refractivity contribution in [3.8, 4) is 6.19 Å². The highest BCUT2D eigenvalue weighted by molar-refractivity contribution is 8.45. The average Bonchev–Trinajstić information content (AvgIpc) is 3.62. The first-order chi connectivity index (χ1) is 20.7. The van der Waals surface area contributed by atoms with Gasteiger partial charge in [0.1, 0.15) is 22.6 Å². The van der Waals surface area contributed by atoms with Gasteiger partial charge in [0.05, 0.1) is 19.3 Å². The van der Waals surface area contributed by atoms with Crippen molar-refractivity contribution in [2.75, 3.05) is 38.3 Å². The Bertz CT molecular complexity index is 1490. The van der Waals surface area contributed by atoms with E-state index in [0.29, 0.717) is 12.1 Å². The van der Waals surface area contributed by atoms with Crippen LogP contribution in [0, 0.1) is 11.5 Å². The lowest BCUT2D eigenvalue weighted by Gasteiger charge is -2.41. The van der Waals surface area contributed by atoms with Gasteiger partial charge in [-0.25, -0.2) is 4.79 Å². The number of carbonyl (C=O) groups excluding carboxylic acids is 3. The monoisotopic (exact) mass is 660 g/mol. The third-order valence-corrected chi connectivity index (χ3v) is 8.41. The third kappa shape index (κ3) is 7.74. The zero-order valence-corrected chi connectivity index (χ0v) is 25.7. The average molecular weight is 661 g/mol. The van der Waals surface area contributed by atoms with Gasteiger partial charge < -0.3 is 14.4 Å². The molecule has 0 radical (unpaired) electrons. The number of benzene rings is 1. The second-order valence-electron chi connectivity index (χ2n) is 11.7. The molecule has 3 atom stereocenters. The molecule has 4 rings (SSSR count). The molecule has 0 aliphatic carbocycles. The number of pyridine rings is 1. The maximum Gasteiger partial charge on any atom is 0.411 e. The maximum atomic E-state index is 14.3. The summed E-state index contributed by atoms with van der Waals surface area (Å²) in [7, 11) is -8.69. The lowest BCUT2D eigenvalue weighted by molar-refractivity contribution is -0.135. The van der Waals surface area contributed by atoms with E-state index in [-0.39, 0.29) is 56.1 Å². The van der Waals surface area contributed by atoms with Gasteiger partial charge in [-0.1, -0.05) is 25.5 Å². The zero-order chi connectivity index (χ0) is 33.4. The number of hydrogen-bond donors (Lipinski definition) is 0. The molecule has 2 aliphatic rings. The minimum atomic E-state index is -10.1. The van der Waals surface area contributed by atoms with Crippen LogP contribution in [0.25, 0.3) is 0 Å². The topological polar surface area (TPSA) is 119 Å². The van der Waals surface area contributed by atoms with E-state index < -0.39 is 56.8 Å². The van der Waals surface area contributed by atoms with Gasteiger partial charge in [-0.3, -0.25) is 29.3 Å². The fourth-order valence-corrected chi connectivity index (χ4v) is 5.75. The predicted octanol–water partition coefficient (Wildman–Crippen LogP) is 5.42. The van der Waals surface area contributed by atoms with Crippen LogP contribution in [0.15, 0.2) is 53.7 Å². The van der Waals surface area contributed by atoms with Gasteiger partial charge in [0, 0.05) is 50.3 Å². The summed E-state index contributed by atoms with van der Waals surface area (Å²) in [5.74, 6) is -1.59. The first kappa shape index (κ1) is 33.7. The Morgan fingerprint density at radius 3 is 2.24 bits per heavy atom.